The third-order valence-electron chi connectivity index (χ3n) is 3.89. The molecule has 0 fully saturated rings. The summed E-state index contributed by atoms with van der Waals surface area (Å²) in [7, 11) is 3.20. The number of methoxy groups -OCH3 is 2. The number of ether oxygens (including phenoxy) is 4. The minimum atomic E-state index is 0.00893. The number of anilines is 1. The summed E-state index contributed by atoms with van der Waals surface area (Å²) < 4.78 is 21.3. The van der Waals surface area contributed by atoms with E-state index in [4.69, 9.17) is 31.2 Å². The molecule has 0 saturated heterocycles. The van der Waals surface area contributed by atoms with Gasteiger partial charge in [0.05, 0.1) is 20.3 Å². The minimum absolute atomic E-state index is 0.00893. The van der Waals surface area contributed by atoms with E-state index in [1.165, 1.54) is 0 Å². The largest absolute Gasteiger partial charge is 0.493 e. The lowest BCUT2D eigenvalue weighted by molar-refractivity contribution is 0.174. The van der Waals surface area contributed by atoms with Crippen LogP contribution in [-0.2, 0) is 0 Å². The van der Waals surface area contributed by atoms with Gasteiger partial charge in [-0.2, -0.15) is 0 Å². The molecule has 1 aliphatic rings. The maximum absolute atomic E-state index is 5.41. The van der Waals surface area contributed by atoms with Gasteiger partial charge in [-0.05, 0) is 49.0 Å². The molecule has 0 radical (unpaired) electrons. The summed E-state index contributed by atoms with van der Waals surface area (Å²) in [6, 6.07) is 11.4. The third kappa shape index (κ3) is 3.88. The van der Waals surface area contributed by atoms with Gasteiger partial charge < -0.3 is 29.6 Å². The second-order valence-electron chi connectivity index (χ2n) is 5.50. The molecule has 25 heavy (non-hydrogen) atoms. The van der Waals surface area contributed by atoms with Crippen molar-refractivity contribution in [3.63, 3.8) is 0 Å². The number of thiocarbonyl (C=S) groups is 1. The van der Waals surface area contributed by atoms with Gasteiger partial charge in [0.25, 0.3) is 0 Å². The highest BCUT2D eigenvalue weighted by Gasteiger charge is 2.16. The van der Waals surface area contributed by atoms with E-state index in [0.29, 0.717) is 16.6 Å². The predicted molar refractivity (Wildman–Crippen MR) is 99.9 cm³/mol. The Balaban J connectivity index is 1.64. The molecule has 1 aliphatic heterocycles. The molecular weight excluding hydrogens is 340 g/mol. The summed E-state index contributed by atoms with van der Waals surface area (Å²) in [6.07, 6.45) is 0. The molecule has 1 atom stereocenters. The Kier molecular flexibility index (Phi) is 5.14. The molecule has 6 nitrogen and oxygen atoms in total. The van der Waals surface area contributed by atoms with Crippen molar-refractivity contribution < 1.29 is 18.9 Å². The lowest BCUT2D eigenvalue weighted by Gasteiger charge is -2.18. The molecule has 1 unspecified atom stereocenters. The van der Waals surface area contributed by atoms with Gasteiger partial charge in [-0.15, -0.1) is 0 Å². The summed E-state index contributed by atoms with van der Waals surface area (Å²) in [5.41, 5.74) is 1.87. The normalized spacial score (nSPS) is 13.1. The van der Waals surface area contributed by atoms with Crippen LogP contribution in [0.5, 0.6) is 23.0 Å². The lowest BCUT2D eigenvalue weighted by atomic mass is 10.1. The van der Waals surface area contributed by atoms with Gasteiger partial charge in [0, 0.05) is 11.8 Å². The van der Waals surface area contributed by atoms with E-state index in [-0.39, 0.29) is 12.8 Å². The van der Waals surface area contributed by atoms with Gasteiger partial charge in [-0.1, -0.05) is 6.07 Å². The van der Waals surface area contributed by atoms with E-state index in [2.05, 4.69) is 10.6 Å². The fraction of sp³-hybridized carbons (Fsp3) is 0.278. The molecule has 3 rings (SSSR count). The summed E-state index contributed by atoms with van der Waals surface area (Å²) in [4.78, 5) is 0. The Morgan fingerprint density at radius 2 is 1.80 bits per heavy atom. The first-order valence-corrected chi connectivity index (χ1v) is 8.20. The van der Waals surface area contributed by atoms with Crippen LogP contribution in [0.1, 0.15) is 18.5 Å². The molecule has 0 bridgehead atoms. The molecule has 2 aromatic rings. The van der Waals surface area contributed by atoms with Crippen LogP contribution in [0.2, 0.25) is 0 Å². The average Bonchev–Trinajstić information content (AvgIpc) is 3.09. The molecule has 1 heterocycles. The van der Waals surface area contributed by atoms with Gasteiger partial charge in [-0.3, -0.25) is 0 Å². The molecule has 0 aliphatic carbocycles. The van der Waals surface area contributed by atoms with Crippen LogP contribution in [0.4, 0.5) is 5.69 Å². The van der Waals surface area contributed by atoms with E-state index in [0.717, 1.165) is 22.7 Å². The van der Waals surface area contributed by atoms with Crippen LogP contribution in [-0.4, -0.2) is 26.1 Å². The van der Waals surface area contributed by atoms with E-state index in [1.807, 2.05) is 43.3 Å². The Hall–Kier alpha value is -2.67. The van der Waals surface area contributed by atoms with Crippen LogP contribution in [0.15, 0.2) is 36.4 Å². The number of rotatable bonds is 5. The minimum Gasteiger partial charge on any atom is -0.493 e. The highest BCUT2D eigenvalue weighted by atomic mass is 32.1. The Morgan fingerprint density at radius 1 is 1.04 bits per heavy atom. The lowest BCUT2D eigenvalue weighted by Crippen LogP contribution is -2.30. The topological polar surface area (TPSA) is 61.0 Å². The smallest absolute Gasteiger partial charge is 0.231 e. The monoisotopic (exact) mass is 360 g/mol. The summed E-state index contributed by atoms with van der Waals surface area (Å²) >= 11 is 5.40. The van der Waals surface area contributed by atoms with Crippen molar-refractivity contribution in [3.8, 4) is 23.0 Å². The third-order valence-corrected chi connectivity index (χ3v) is 4.11. The van der Waals surface area contributed by atoms with Crippen molar-refractivity contribution >= 4 is 23.0 Å². The molecule has 0 amide bonds. The van der Waals surface area contributed by atoms with Crippen LogP contribution in [0.25, 0.3) is 0 Å². The second kappa shape index (κ2) is 7.48. The first-order valence-electron chi connectivity index (χ1n) is 7.80. The van der Waals surface area contributed by atoms with Gasteiger partial charge in [0.2, 0.25) is 6.79 Å². The Labute approximate surface area is 152 Å². The van der Waals surface area contributed by atoms with E-state index >= 15 is 0 Å². The van der Waals surface area contributed by atoms with Crippen LogP contribution in [0.3, 0.4) is 0 Å². The molecule has 0 aromatic heterocycles. The summed E-state index contributed by atoms with van der Waals surface area (Å²) in [6.45, 7) is 2.29. The van der Waals surface area contributed by atoms with Crippen molar-refractivity contribution in [2.45, 2.75) is 13.0 Å². The van der Waals surface area contributed by atoms with Crippen LogP contribution in [0, 0.1) is 0 Å². The van der Waals surface area contributed by atoms with Gasteiger partial charge in [0.1, 0.15) is 0 Å². The number of nitrogens with one attached hydrogen (secondary N) is 2. The second-order valence-corrected chi connectivity index (χ2v) is 5.91. The first-order chi connectivity index (χ1) is 12.1. The van der Waals surface area contributed by atoms with E-state index in [1.54, 1.807) is 14.2 Å². The van der Waals surface area contributed by atoms with Crippen molar-refractivity contribution in [2.75, 3.05) is 26.3 Å². The van der Waals surface area contributed by atoms with Gasteiger partial charge >= 0.3 is 0 Å². The Bertz CT molecular complexity index is 782. The van der Waals surface area contributed by atoms with Crippen LogP contribution >= 0.6 is 12.2 Å². The van der Waals surface area contributed by atoms with Crippen molar-refractivity contribution in [1.82, 2.24) is 5.32 Å². The molecular formula is C18H20N2O4S. The highest BCUT2D eigenvalue weighted by molar-refractivity contribution is 7.80. The summed E-state index contributed by atoms with van der Waals surface area (Å²) in [5.74, 6) is 2.83. The van der Waals surface area contributed by atoms with E-state index < -0.39 is 0 Å². The standard InChI is InChI=1S/C18H20N2O4S/c1-11(12-4-6-15-17(8-12)24-10-23-15)19-18(25)20-13-5-7-14(21-2)16(9-13)22-3/h4-9,11H,10H2,1-3H3,(H2,19,20,25). The molecule has 0 saturated carbocycles. The fourth-order valence-electron chi connectivity index (χ4n) is 2.54. The quantitative estimate of drug-likeness (QED) is 0.792. The molecule has 2 aromatic carbocycles. The van der Waals surface area contributed by atoms with Crippen molar-refractivity contribution in [3.05, 3.63) is 42.0 Å². The average molecular weight is 360 g/mol. The maximum atomic E-state index is 5.41. The zero-order valence-electron chi connectivity index (χ0n) is 14.3. The number of hydrogen-bond acceptors (Lipinski definition) is 5. The maximum Gasteiger partial charge on any atom is 0.231 e. The fourth-order valence-corrected chi connectivity index (χ4v) is 2.84. The highest BCUT2D eigenvalue weighted by Crippen LogP contribution is 2.34. The molecule has 132 valence electrons. The Morgan fingerprint density at radius 3 is 2.56 bits per heavy atom. The number of benzene rings is 2. The molecule has 2 N–H and O–H groups in total. The first kappa shape index (κ1) is 17.2. The number of hydrogen-bond donors (Lipinski definition) is 2. The van der Waals surface area contributed by atoms with Gasteiger partial charge in [0.15, 0.2) is 28.1 Å². The van der Waals surface area contributed by atoms with Crippen molar-refractivity contribution in [2.24, 2.45) is 0 Å². The van der Waals surface area contributed by atoms with E-state index in [9.17, 15) is 0 Å². The van der Waals surface area contributed by atoms with Crippen LogP contribution < -0.4 is 29.6 Å². The predicted octanol–water partition coefficient (Wildman–Crippen LogP) is 3.48. The molecule has 7 heteroatoms. The van der Waals surface area contributed by atoms with Gasteiger partial charge in [-0.25, -0.2) is 0 Å². The summed E-state index contributed by atoms with van der Waals surface area (Å²) in [5, 5.41) is 6.92. The number of fused-ring (bicyclic) bond motifs is 1. The molecule has 0 spiro atoms. The van der Waals surface area contributed by atoms with Crippen molar-refractivity contribution in [1.29, 1.82) is 0 Å². The zero-order chi connectivity index (χ0) is 17.8. The zero-order valence-corrected chi connectivity index (χ0v) is 15.1. The SMILES string of the molecule is COc1ccc(NC(=S)NC(C)c2ccc3c(c2)OCO3)cc1OC.